The van der Waals surface area contributed by atoms with E-state index in [0.29, 0.717) is 6.54 Å². The molecular weight excluding hydrogens is 301 g/mol. The summed E-state index contributed by atoms with van der Waals surface area (Å²) in [6, 6.07) is 9.60. The first-order chi connectivity index (χ1) is 9.65. The highest BCUT2D eigenvalue weighted by Crippen LogP contribution is 2.15. The first-order valence-corrected chi connectivity index (χ1v) is 6.51. The van der Waals surface area contributed by atoms with Gasteiger partial charge in [0.15, 0.2) is 11.0 Å². The highest BCUT2D eigenvalue weighted by Gasteiger charge is 2.07. The molecule has 1 aromatic heterocycles. The summed E-state index contributed by atoms with van der Waals surface area (Å²) in [5.74, 6) is 0.0289. The van der Waals surface area contributed by atoms with Crippen molar-refractivity contribution in [2.75, 3.05) is 11.9 Å². The largest absolute Gasteiger partial charge is 0.358 e. The van der Waals surface area contributed by atoms with Gasteiger partial charge in [-0.15, -0.1) is 10.2 Å². The van der Waals surface area contributed by atoms with Gasteiger partial charge in [-0.2, -0.15) is 4.98 Å². The summed E-state index contributed by atoms with van der Waals surface area (Å²) in [5, 5.41) is 12.6. The highest BCUT2D eigenvalue weighted by atomic mass is 35.5. The van der Waals surface area contributed by atoms with Crippen LogP contribution in [0.4, 0.5) is 5.82 Å². The van der Waals surface area contributed by atoms with Gasteiger partial charge < -0.3 is 10.6 Å². The van der Waals surface area contributed by atoms with Gasteiger partial charge in [0, 0.05) is 6.54 Å². The van der Waals surface area contributed by atoms with E-state index in [2.05, 4.69) is 25.8 Å². The molecular formula is C12H11Cl2N5O. The molecule has 0 fully saturated rings. The SMILES string of the molecule is O=C(CNc1nc(Cl)nnc1Cl)NCc1ccccc1. The van der Waals surface area contributed by atoms with E-state index in [1.54, 1.807) is 0 Å². The summed E-state index contributed by atoms with van der Waals surface area (Å²) in [6.45, 7) is 0.472. The van der Waals surface area contributed by atoms with E-state index in [0.717, 1.165) is 5.56 Å². The molecule has 0 unspecified atom stereocenters. The molecule has 1 amide bonds. The standard InChI is InChI=1S/C12H11Cl2N5O/c13-10-11(17-12(14)19-18-10)16-7-9(20)15-6-8-4-2-1-3-5-8/h1-5H,6-7H2,(H,15,20)(H,16,17,19). The molecule has 8 heteroatoms. The maximum atomic E-state index is 11.7. The number of nitrogens with one attached hydrogen (secondary N) is 2. The minimum atomic E-state index is -0.195. The molecule has 2 rings (SSSR count). The molecule has 0 saturated carbocycles. The van der Waals surface area contributed by atoms with Crippen LogP contribution in [0.5, 0.6) is 0 Å². The fraction of sp³-hybridized carbons (Fsp3) is 0.167. The molecule has 20 heavy (non-hydrogen) atoms. The third kappa shape index (κ3) is 4.32. The van der Waals surface area contributed by atoms with Crippen molar-refractivity contribution in [2.45, 2.75) is 6.54 Å². The lowest BCUT2D eigenvalue weighted by Gasteiger charge is -2.07. The second kappa shape index (κ2) is 7.02. The third-order valence-corrected chi connectivity index (χ3v) is 2.78. The van der Waals surface area contributed by atoms with E-state index < -0.39 is 0 Å². The van der Waals surface area contributed by atoms with E-state index in [1.807, 2.05) is 30.3 Å². The van der Waals surface area contributed by atoms with Crippen LogP contribution in [0.15, 0.2) is 30.3 Å². The summed E-state index contributed by atoms with van der Waals surface area (Å²) in [7, 11) is 0. The molecule has 0 aliphatic rings. The molecule has 0 radical (unpaired) electrons. The van der Waals surface area contributed by atoms with Crippen LogP contribution < -0.4 is 10.6 Å². The molecule has 6 nitrogen and oxygen atoms in total. The quantitative estimate of drug-likeness (QED) is 0.881. The normalized spacial score (nSPS) is 10.1. The number of amides is 1. The first-order valence-electron chi connectivity index (χ1n) is 5.75. The highest BCUT2D eigenvalue weighted by molar-refractivity contribution is 6.32. The van der Waals surface area contributed by atoms with Crippen LogP contribution in [-0.2, 0) is 11.3 Å². The summed E-state index contributed by atoms with van der Waals surface area (Å²) in [4.78, 5) is 15.5. The average Bonchev–Trinajstić information content (AvgIpc) is 2.47. The third-order valence-electron chi connectivity index (χ3n) is 2.37. The van der Waals surface area contributed by atoms with Crippen molar-refractivity contribution in [3.8, 4) is 0 Å². The average molecular weight is 312 g/mol. The number of hydrogen-bond acceptors (Lipinski definition) is 5. The minimum Gasteiger partial charge on any atom is -0.358 e. The van der Waals surface area contributed by atoms with Gasteiger partial charge >= 0.3 is 0 Å². The Balaban J connectivity index is 1.82. The maximum Gasteiger partial charge on any atom is 0.245 e. The predicted octanol–water partition coefficient (Wildman–Crippen LogP) is 1.91. The zero-order valence-corrected chi connectivity index (χ0v) is 11.8. The second-order valence-corrected chi connectivity index (χ2v) is 4.53. The van der Waals surface area contributed by atoms with Crippen molar-refractivity contribution >= 4 is 34.9 Å². The van der Waals surface area contributed by atoms with Crippen molar-refractivity contribution < 1.29 is 4.79 Å². The number of carbonyl (C=O) groups is 1. The Morgan fingerprint density at radius 1 is 1.15 bits per heavy atom. The second-order valence-electron chi connectivity index (χ2n) is 3.84. The van der Waals surface area contributed by atoms with Crippen LogP contribution in [0.25, 0.3) is 0 Å². The fourth-order valence-corrected chi connectivity index (χ4v) is 1.70. The number of benzene rings is 1. The fourth-order valence-electron chi connectivity index (χ4n) is 1.43. The number of nitrogens with zero attached hydrogens (tertiary/aromatic N) is 3. The van der Waals surface area contributed by atoms with Crippen molar-refractivity contribution in [3.05, 3.63) is 46.3 Å². The van der Waals surface area contributed by atoms with Crippen LogP contribution in [-0.4, -0.2) is 27.6 Å². The van der Waals surface area contributed by atoms with Gasteiger partial charge in [-0.05, 0) is 17.2 Å². The van der Waals surface area contributed by atoms with Crippen molar-refractivity contribution in [1.82, 2.24) is 20.5 Å². The molecule has 0 spiro atoms. The van der Waals surface area contributed by atoms with Crippen molar-refractivity contribution in [2.24, 2.45) is 0 Å². The summed E-state index contributed by atoms with van der Waals surface area (Å²) < 4.78 is 0. The number of anilines is 1. The zero-order chi connectivity index (χ0) is 14.4. The van der Waals surface area contributed by atoms with E-state index in [4.69, 9.17) is 23.2 Å². The Morgan fingerprint density at radius 3 is 2.65 bits per heavy atom. The minimum absolute atomic E-state index is 0.0155. The zero-order valence-electron chi connectivity index (χ0n) is 10.3. The Bertz CT molecular complexity index is 594. The van der Waals surface area contributed by atoms with E-state index >= 15 is 0 Å². The van der Waals surface area contributed by atoms with Gasteiger partial charge in [0.05, 0.1) is 6.54 Å². The van der Waals surface area contributed by atoms with Gasteiger partial charge in [0.25, 0.3) is 0 Å². The Hall–Kier alpha value is -1.92. The van der Waals surface area contributed by atoms with E-state index in [1.165, 1.54) is 0 Å². The molecule has 0 atom stereocenters. The van der Waals surface area contributed by atoms with Crippen LogP contribution in [0.3, 0.4) is 0 Å². The Morgan fingerprint density at radius 2 is 1.90 bits per heavy atom. The molecule has 1 heterocycles. The summed E-state index contributed by atoms with van der Waals surface area (Å²) in [6.07, 6.45) is 0. The number of halogens is 2. The topological polar surface area (TPSA) is 79.8 Å². The van der Waals surface area contributed by atoms with Crippen molar-refractivity contribution in [1.29, 1.82) is 0 Å². The summed E-state index contributed by atoms with van der Waals surface area (Å²) >= 11 is 11.4. The number of aromatic nitrogens is 3. The molecule has 0 saturated heterocycles. The summed E-state index contributed by atoms with van der Waals surface area (Å²) in [5.41, 5.74) is 1.02. The van der Waals surface area contributed by atoms with Crippen LogP contribution in [0.2, 0.25) is 10.4 Å². The lowest BCUT2D eigenvalue weighted by atomic mass is 10.2. The lowest BCUT2D eigenvalue weighted by Crippen LogP contribution is -2.29. The van der Waals surface area contributed by atoms with Crippen LogP contribution >= 0.6 is 23.2 Å². The molecule has 0 bridgehead atoms. The lowest BCUT2D eigenvalue weighted by molar-refractivity contribution is -0.119. The maximum absolute atomic E-state index is 11.7. The molecule has 2 aromatic rings. The Labute approximate surface area is 125 Å². The van der Waals surface area contributed by atoms with Gasteiger partial charge in [-0.3, -0.25) is 4.79 Å². The molecule has 2 N–H and O–H groups in total. The van der Waals surface area contributed by atoms with Crippen LogP contribution in [0, 0.1) is 0 Å². The first kappa shape index (κ1) is 14.5. The smallest absolute Gasteiger partial charge is 0.245 e. The van der Waals surface area contributed by atoms with Gasteiger partial charge in [-0.25, -0.2) is 0 Å². The van der Waals surface area contributed by atoms with Crippen molar-refractivity contribution in [3.63, 3.8) is 0 Å². The number of hydrogen-bond donors (Lipinski definition) is 2. The molecule has 1 aromatic carbocycles. The van der Waals surface area contributed by atoms with E-state index in [9.17, 15) is 4.79 Å². The van der Waals surface area contributed by atoms with Gasteiger partial charge in [0.2, 0.25) is 11.2 Å². The molecule has 104 valence electrons. The molecule has 0 aliphatic carbocycles. The van der Waals surface area contributed by atoms with Gasteiger partial charge in [-0.1, -0.05) is 41.9 Å². The number of rotatable bonds is 5. The van der Waals surface area contributed by atoms with Gasteiger partial charge in [0.1, 0.15) is 0 Å². The predicted molar refractivity (Wildman–Crippen MR) is 76.6 cm³/mol. The monoisotopic (exact) mass is 311 g/mol. The van der Waals surface area contributed by atoms with E-state index in [-0.39, 0.29) is 28.7 Å². The molecule has 0 aliphatic heterocycles. The van der Waals surface area contributed by atoms with Crippen LogP contribution in [0.1, 0.15) is 5.56 Å². The Kier molecular flexibility index (Phi) is 5.09. The number of carbonyl (C=O) groups excluding carboxylic acids is 1.